The Morgan fingerprint density at radius 1 is 0.581 bits per heavy atom. The van der Waals surface area contributed by atoms with Crippen molar-refractivity contribution in [1.29, 1.82) is 0 Å². The van der Waals surface area contributed by atoms with E-state index < -0.39 is 0 Å². The van der Waals surface area contributed by atoms with Crippen molar-refractivity contribution in [2.75, 3.05) is 0 Å². The minimum atomic E-state index is -0.215. The molecule has 4 aromatic carbocycles. The number of rotatable bonds is 12. The molecule has 4 aromatic rings. The molecule has 0 saturated carbocycles. The third-order valence-corrected chi connectivity index (χ3v) is 8.72. The zero-order valence-electron chi connectivity index (χ0n) is 27.3. The summed E-state index contributed by atoms with van der Waals surface area (Å²) >= 11 is 0. The molecule has 2 unspecified atom stereocenters. The fraction of sp³-hybridized carbons (Fsp3) is 0.317. The van der Waals surface area contributed by atoms with Gasteiger partial charge in [-0.05, 0) is 85.0 Å². The lowest BCUT2D eigenvalue weighted by Crippen LogP contribution is -2.20. The molecule has 2 nitrogen and oxygen atoms in total. The van der Waals surface area contributed by atoms with Crippen molar-refractivity contribution in [1.82, 2.24) is 0 Å². The van der Waals surface area contributed by atoms with Crippen molar-refractivity contribution in [2.24, 2.45) is 0 Å². The van der Waals surface area contributed by atoms with Crippen LogP contribution in [-0.4, -0.2) is 0 Å². The van der Waals surface area contributed by atoms with Gasteiger partial charge in [-0.25, -0.2) is 0 Å². The van der Waals surface area contributed by atoms with Gasteiger partial charge in [0.05, 0.1) is 0 Å². The van der Waals surface area contributed by atoms with Crippen molar-refractivity contribution in [3.05, 3.63) is 130 Å². The first-order chi connectivity index (χ1) is 20.7. The quantitative estimate of drug-likeness (QED) is 0.168. The van der Waals surface area contributed by atoms with Crippen LogP contribution in [0.4, 0.5) is 0 Å². The van der Waals surface area contributed by atoms with Crippen LogP contribution in [0.25, 0.3) is 12.2 Å². The SMILES string of the molecule is CC=Cc1ccccc1Oc1ccc(C(C)(C)c2ccc(Oc3ccccc3C=CC)c(C(C)CC)c2)cc1C(C)CC. The van der Waals surface area contributed by atoms with Gasteiger partial charge in [0.2, 0.25) is 0 Å². The monoisotopic (exact) mass is 572 g/mol. The maximum atomic E-state index is 6.58. The summed E-state index contributed by atoms with van der Waals surface area (Å²) in [4.78, 5) is 0. The number of hydrogen-bond acceptors (Lipinski definition) is 2. The first-order valence-corrected chi connectivity index (χ1v) is 15.8. The molecule has 0 saturated heterocycles. The number of benzene rings is 4. The normalized spacial score (nSPS) is 13.4. The van der Waals surface area contributed by atoms with Crippen LogP contribution in [0.15, 0.2) is 97.1 Å². The topological polar surface area (TPSA) is 18.5 Å². The van der Waals surface area contributed by atoms with Crippen molar-refractivity contribution >= 4 is 12.2 Å². The van der Waals surface area contributed by atoms with Gasteiger partial charge in [-0.15, -0.1) is 0 Å². The summed E-state index contributed by atoms with van der Waals surface area (Å²) in [6, 6.07) is 30.0. The summed E-state index contributed by atoms with van der Waals surface area (Å²) < 4.78 is 13.2. The molecule has 0 aliphatic carbocycles. The fourth-order valence-corrected chi connectivity index (χ4v) is 5.46. The lowest BCUT2D eigenvalue weighted by atomic mass is 9.75. The van der Waals surface area contributed by atoms with Crippen LogP contribution in [0.5, 0.6) is 23.0 Å². The van der Waals surface area contributed by atoms with Gasteiger partial charge in [-0.3, -0.25) is 0 Å². The predicted octanol–water partition coefficient (Wildman–Crippen LogP) is 12.7. The molecule has 0 fully saturated rings. The lowest BCUT2D eigenvalue weighted by molar-refractivity contribution is 0.467. The molecule has 0 bridgehead atoms. The Labute approximate surface area is 260 Å². The Hall–Kier alpha value is -4.04. The Morgan fingerprint density at radius 3 is 1.35 bits per heavy atom. The highest BCUT2D eigenvalue weighted by Crippen LogP contribution is 2.42. The molecule has 0 aliphatic heterocycles. The largest absolute Gasteiger partial charge is 0.456 e. The van der Waals surface area contributed by atoms with Crippen LogP contribution in [0.3, 0.4) is 0 Å². The van der Waals surface area contributed by atoms with E-state index in [4.69, 9.17) is 9.47 Å². The van der Waals surface area contributed by atoms with E-state index in [1.807, 2.05) is 62.4 Å². The minimum absolute atomic E-state index is 0.215. The maximum absolute atomic E-state index is 6.58. The first-order valence-electron chi connectivity index (χ1n) is 15.8. The summed E-state index contributed by atoms with van der Waals surface area (Å²) in [6.45, 7) is 17.8. The van der Waals surface area contributed by atoms with E-state index in [1.54, 1.807) is 0 Å². The molecule has 0 radical (unpaired) electrons. The van der Waals surface area contributed by atoms with Crippen LogP contribution in [-0.2, 0) is 5.41 Å². The summed E-state index contributed by atoms with van der Waals surface area (Å²) in [5.41, 5.74) is 6.98. The highest BCUT2D eigenvalue weighted by atomic mass is 16.5. The first kappa shape index (κ1) is 31.9. The molecule has 224 valence electrons. The maximum Gasteiger partial charge on any atom is 0.134 e. The Morgan fingerprint density at radius 2 is 0.977 bits per heavy atom. The molecule has 0 aliphatic rings. The van der Waals surface area contributed by atoms with E-state index >= 15 is 0 Å². The van der Waals surface area contributed by atoms with Gasteiger partial charge in [0.25, 0.3) is 0 Å². The van der Waals surface area contributed by atoms with Crippen molar-refractivity contribution in [3.8, 4) is 23.0 Å². The van der Waals surface area contributed by atoms with E-state index in [9.17, 15) is 0 Å². The average Bonchev–Trinajstić information content (AvgIpc) is 3.02. The Kier molecular flexibility index (Phi) is 10.7. The third kappa shape index (κ3) is 7.31. The van der Waals surface area contributed by atoms with Crippen molar-refractivity contribution in [3.63, 3.8) is 0 Å². The molecular formula is C41H48O2. The highest BCUT2D eigenvalue weighted by molar-refractivity contribution is 5.60. The lowest BCUT2D eigenvalue weighted by Gasteiger charge is -2.30. The molecule has 43 heavy (non-hydrogen) atoms. The zero-order chi connectivity index (χ0) is 31.0. The van der Waals surface area contributed by atoms with Crippen LogP contribution >= 0.6 is 0 Å². The molecule has 0 amide bonds. The fourth-order valence-electron chi connectivity index (χ4n) is 5.46. The second-order valence-electron chi connectivity index (χ2n) is 12.0. The van der Waals surface area contributed by atoms with Crippen LogP contribution < -0.4 is 9.47 Å². The Balaban J connectivity index is 1.74. The summed E-state index contributed by atoms with van der Waals surface area (Å²) in [7, 11) is 0. The van der Waals surface area contributed by atoms with Crippen molar-refractivity contribution in [2.45, 2.75) is 85.5 Å². The van der Waals surface area contributed by atoms with Gasteiger partial charge in [0.15, 0.2) is 0 Å². The number of hydrogen-bond donors (Lipinski definition) is 0. The van der Waals surface area contributed by atoms with Crippen molar-refractivity contribution < 1.29 is 9.47 Å². The standard InChI is InChI=1S/C41H48O2/c1-9-17-31-19-13-15-21-37(31)42-39-25-23-33(27-35(39)29(5)11-3)41(7,8)34-24-26-40(36(28-34)30(6)12-4)43-38-22-16-14-20-32(38)18-10-2/h9-10,13-30H,11-12H2,1-8H3. The van der Waals surface area contributed by atoms with E-state index in [-0.39, 0.29) is 5.41 Å². The van der Waals surface area contributed by atoms with Gasteiger partial charge < -0.3 is 9.47 Å². The molecule has 2 atom stereocenters. The number of ether oxygens (including phenoxy) is 2. The van der Waals surface area contributed by atoms with Crippen LogP contribution in [0, 0.1) is 0 Å². The summed E-state index contributed by atoms with van der Waals surface area (Å²) in [5, 5.41) is 0. The van der Waals surface area contributed by atoms with E-state index in [2.05, 4.69) is 102 Å². The smallest absolute Gasteiger partial charge is 0.134 e. The zero-order valence-corrected chi connectivity index (χ0v) is 27.3. The molecule has 0 N–H and O–H groups in total. The summed E-state index contributed by atoms with van der Waals surface area (Å²) in [6.07, 6.45) is 10.4. The predicted molar refractivity (Wildman–Crippen MR) is 185 cm³/mol. The van der Waals surface area contributed by atoms with E-state index in [0.717, 1.165) is 47.0 Å². The highest BCUT2D eigenvalue weighted by Gasteiger charge is 2.27. The van der Waals surface area contributed by atoms with Gasteiger partial charge in [0, 0.05) is 16.5 Å². The molecule has 0 heterocycles. The van der Waals surface area contributed by atoms with E-state index in [1.165, 1.54) is 22.3 Å². The average molecular weight is 573 g/mol. The second-order valence-corrected chi connectivity index (χ2v) is 12.0. The Bertz CT molecular complexity index is 1460. The van der Waals surface area contributed by atoms with Gasteiger partial charge in [0.1, 0.15) is 23.0 Å². The molecule has 4 rings (SSSR count). The van der Waals surface area contributed by atoms with Crippen LogP contribution in [0.2, 0.25) is 0 Å². The number of para-hydroxylation sites is 2. The van der Waals surface area contributed by atoms with E-state index in [0.29, 0.717) is 11.8 Å². The molecular weight excluding hydrogens is 524 g/mol. The molecule has 2 heteroatoms. The van der Waals surface area contributed by atoms with Gasteiger partial charge in [-0.2, -0.15) is 0 Å². The summed E-state index contributed by atoms with van der Waals surface area (Å²) in [5.74, 6) is 4.33. The van der Waals surface area contributed by atoms with Gasteiger partial charge in [-0.1, -0.05) is 127 Å². The molecule has 0 aromatic heterocycles. The second kappa shape index (κ2) is 14.4. The third-order valence-electron chi connectivity index (χ3n) is 8.72. The molecule has 0 spiro atoms. The number of allylic oxidation sites excluding steroid dienone is 2. The van der Waals surface area contributed by atoms with Crippen LogP contribution in [0.1, 0.15) is 113 Å². The van der Waals surface area contributed by atoms with Gasteiger partial charge >= 0.3 is 0 Å². The minimum Gasteiger partial charge on any atom is -0.456 e.